The molecule has 1 aliphatic heterocycles. The number of rotatable bonds is 2. The predicted molar refractivity (Wildman–Crippen MR) is 113 cm³/mol. The van der Waals surface area contributed by atoms with Crippen LogP contribution in [0.1, 0.15) is 35.5 Å². The number of amides is 1. The Morgan fingerprint density at radius 1 is 1.19 bits per heavy atom. The number of nitrogens with two attached hydrogens (primary N) is 1. The van der Waals surface area contributed by atoms with E-state index < -0.39 is 0 Å². The lowest BCUT2D eigenvalue weighted by Crippen LogP contribution is -2.42. The number of nitrogen functional groups attached to an aromatic ring is 1. The van der Waals surface area contributed by atoms with Crippen molar-refractivity contribution in [3.05, 3.63) is 46.8 Å². The number of benzene rings is 1. The first-order valence-corrected chi connectivity index (χ1v) is 10.3. The van der Waals surface area contributed by atoms with Crippen molar-refractivity contribution in [3.63, 3.8) is 0 Å². The molecular formula is C22H25N3OS. The molecule has 1 amide bonds. The molecule has 0 unspecified atom stereocenters. The number of anilines is 1. The smallest absolute Gasteiger partial charge is 0.266 e. The third kappa shape index (κ3) is 3.32. The number of fused-ring (bicyclic) bond motifs is 1. The Morgan fingerprint density at radius 3 is 2.52 bits per heavy atom. The third-order valence-corrected chi connectivity index (χ3v) is 6.41. The summed E-state index contributed by atoms with van der Waals surface area (Å²) in [6.45, 7) is 8.07. The van der Waals surface area contributed by atoms with Gasteiger partial charge in [-0.3, -0.25) is 4.79 Å². The van der Waals surface area contributed by atoms with Gasteiger partial charge < -0.3 is 10.6 Å². The van der Waals surface area contributed by atoms with Crippen LogP contribution in [0.5, 0.6) is 0 Å². The van der Waals surface area contributed by atoms with Gasteiger partial charge in [0.2, 0.25) is 0 Å². The van der Waals surface area contributed by atoms with Gasteiger partial charge in [0.1, 0.15) is 9.71 Å². The average molecular weight is 380 g/mol. The zero-order valence-electron chi connectivity index (χ0n) is 16.0. The SMILES string of the molecule is Cc1cc2c(N)c(C(=O)N3C[C@H](C)C[C@H](C)C3)sc2nc1-c1ccccc1. The van der Waals surface area contributed by atoms with Crippen LogP contribution in [-0.2, 0) is 0 Å². The first kappa shape index (κ1) is 18.0. The van der Waals surface area contributed by atoms with Crippen LogP contribution in [0.3, 0.4) is 0 Å². The van der Waals surface area contributed by atoms with Crippen LogP contribution in [0.4, 0.5) is 5.69 Å². The van der Waals surface area contributed by atoms with Crippen molar-refractivity contribution in [1.29, 1.82) is 0 Å². The highest BCUT2D eigenvalue weighted by atomic mass is 32.1. The minimum atomic E-state index is 0.0489. The van der Waals surface area contributed by atoms with E-state index in [-0.39, 0.29) is 5.91 Å². The fourth-order valence-corrected chi connectivity index (χ4v) is 5.21. The maximum absolute atomic E-state index is 13.1. The van der Waals surface area contributed by atoms with E-state index >= 15 is 0 Å². The van der Waals surface area contributed by atoms with Crippen molar-refractivity contribution in [2.45, 2.75) is 27.2 Å². The number of carbonyl (C=O) groups is 1. The van der Waals surface area contributed by atoms with Crippen LogP contribution in [0.15, 0.2) is 36.4 Å². The summed E-state index contributed by atoms with van der Waals surface area (Å²) in [5, 5.41) is 0.888. The van der Waals surface area contributed by atoms with Crippen LogP contribution in [0.25, 0.3) is 21.5 Å². The molecule has 0 radical (unpaired) electrons. The van der Waals surface area contributed by atoms with E-state index in [1.54, 1.807) is 0 Å². The molecule has 1 fully saturated rings. The Bertz CT molecular complexity index is 986. The molecule has 3 aromatic rings. The predicted octanol–water partition coefficient (Wildman–Crippen LogP) is 4.97. The monoisotopic (exact) mass is 379 g/mol. The average Bonchev–Trinajstić information content (AvgIpc) is 2.96. The summed E-state index contributed by atoms with van der Waals surface area (Å²) in [4.78, 5) is 21.4. The fourth-order valence-electron chi connectivity index (χ4n) is 4.16. The first-order chi connectivity index (χ1) is 12.9. The van der Waals surface area contributed by atoms with E-state index in [0.717, 1.165) is 40.1 Å². The summed E-state index contributed by atoms with van der Waals surface area (Å²) in [6.07, 6.45) is 1.17. The van der Waals surface area contributed by atoms with Crippen molar-refractivity contribution >= 4 is 33.1 Å². The molecule has 2 atom stereocenters. The first-order valence-electron chi connectivity index (χ1n) is 9.48. The van der Waals surface area contributed by atoms with Gasteiger partial charge in [-0.15, -0.1) is 11.3 Å². The Hall–Kier alpha value is -2.40. The van der Waals surface area contributed by atoms with Gasteiger partial charge in [0.15, 0.2) is 0 Å². The van der Waals surface area contributed by atoms with E-state index in [4.69, 9.17) is 10.7 Å². The highest BCUT2D eigenvalue weighted by Crippen LogP contribution is 2.37. The molecule has 0 aliphatic carbocycles. The van der Waals surface area contributed by atoms with E-state index in [9.17, 15) is 4.79 Å². The van der Waals surface area contributed by atoms with Crippen molar-refractivity contribution in [1.82, 2.24) is 9.88 Å². The Labute approximate surface area is 164 Å². The quantitative estimate of drug-likeness (QED) is 0.684. The minimum absolute atomic E-state index is 0.0489. The van der Waals surface area contributed by atoms with E-state index in [0.29, 0.717) is 22.4 Å². The normalized spacial score (nSPS) is 20.2. The molecule has 2 N–H and O–H groups in total. The highest BCUT2D eigenvalue weighted by molar-refractivity contribution is 7.21. The molecule has 1 aromatic carbocycles. The lowest BCUT2D eigenvalue weighted by molar-refractivity contribution is 0.0629. The number of nitrogens with zero attached hydrogens (tertiary/aromatic N) is 2. The van der Waals surface area contributed by atoms with Gasteiger partial charge in [0.05, 0.1) is 11.4 Å². The summed E-state index contributed by atoms with van der Waals surface area (Å²) in [5.41, 5.74) is 10.1. The lowest BCUT2D eigenvalue weighted by atomic mass is 9.92. The molecule has 1 aliphatic rings. The van der Waals surface area contributed by atoms with Crippen LogP contribution in [0, 0.1) is 18.8 Å². The standard InChI is InChI=1S/C22H25N3OS/c1-13-9-14(2)12-25(11-13)22(26)20-18(23)17-10-15(3)19(24-21(17)27-20)16-7-5-4-6-8-16/h4-8,10,13-14H,9,11-12,23H2,1-3H3/t13-,14+. The zero-order chi connectivity index (χ0) is 19.1. The van der Waals surface area contributed by atoms with Gasteiger partial charge in [-0.05, 0) is 36.8 Å². The lowest BCUT2D eigenvalue weighted by Gasteiger charge is -2.34. The zero-order valence-corrected chi connectivity index (χ0v) is 16.8. The molecule has 27 heavy (non-hydrogen) atoms. The molecule has 4 rings (SSSR count). The molecular weight excluding hydrogens is 354 g/mol. The molecule has 140 valence electrons. The molecule has 0 saturated carbocycles. The van der Waals surface area contributed by atoms with Gasteiger partial charge in [-0.1, -0.05) is 44.2 Å². The van der Waals surface area contributed by atoms with E-state index in [1.165, 1.54) is 17.8 Å². The number of hydrogen-bond acceptors (Lipinski definition) is 4. The van der Waals surface area contributed by atoms with Crippen molar-refractivity contribution < 1.29 is 4.79 Å². The summed E-state index contributed by atoms with van der Waals surface area (Å²) >= 11 is 1.42. The van der Waals surface area contributed by atoms with Crippen LogP contribution in [-0.4, -0.2) is 28.9 Å². The van der Waals surface area contributed by atoms with Crippen LogP contribution >= 0.6 is 11.3 Å². The summed E-state index contributed by atoms with van der Waals surface area (Å²) in [5.74, 6) is 1.10. The Kier molecular flexibility index (Phi) is 4.64. The number of carbonyl (C=O) groups excluding carboxylic acids is 1. The molecule has 0 spiro atoms. The number of piperidine rings is 1. The molecule has 5 heteroatoms. The van der Waals surface area contributed by atoms with Gasteiger partial charge in [0, 0.05) is 24.0 Å². The van der Waals surface area contributed by atoms with E-state index in [2.05, 4.69) is 32.0 Å². The van der Waals surface area contributed by atoms with E-state index in [1.807, 2.05) is 30.0 Å². The maximum atomic E-state index is 13.1. The van der Waals surface area contributed by atoms with Crippen LogP contribution < -0.4 is 5.73 Å². The number of likely N-dealkylation sites (tertiary alicyclic amines) is 1. The van der Waals surface area contributed by atoms with Crippen molar-refractivity contribution in [2.75, 3.05) is 18.8 Å². The van der Waals surface area contributed by atoms with Gasteiger partial charge >= 0.3 is 0 Å². The minimum Gasteiger partial charge on any atom is -0.397 e. The maximum Gasteiger partial charge on any atom is 0.266 e. The number of aryl methyl sites for hydroxylation is 1. The second-order valence-electron chi connectivity index (χ2n) is 7.87. The fraction of sp³-hybridized carbons (Fsp3) is 0.364. The van der Waals surface area contributed by atoms with Gasteiger partial charge in [0.25, 0.3) is 5.91 Å². The number of aromatic nitrogens is 1. The number of thiophene rings is 1. The number of pyridine rings is 1. The highest BCUT2D eigenvalue weighted by Gasteiger charge is 2.29. The molecule has 3 heterocycles. The second-order valence-corrected chi connectivity index (χ2v) is 8.87. The van der Waals surface area contributed by atoms with Crippen molar-refractivity contribution in [3.8, 4) is 11.3 Å². The Balaban J connectivity index is 1.75. The molecule has 0 bridgehead atoms. The van der Waals surface area contributed by atoms with Gasteiger partial charge in [-0.25, -0.2) is 4.98 Å². The number of hydrogen-bond donors (Lipinski definition) is 1. The largest absolute Gasteiger partial charge is 0.397 e. The Morgan fingerprint density at radius 2 is 1.85 bits per heavy atom. The second kappa shape index (κ2) is 6.97. The van der Waals surface area contributed by atoms with Gasteiger partial charge in [-0.2, -0.15) is 0 Å². The summed E-state index contributed by atoms with van der Waals surface area (Å²) in [6, 6.07) is 12.2. The molecule has 4 nitrogen and oxygen atoms in total. The summed E-state index contributed by atoms with van der Waals surface area (Å²) < 4.78 is 0. The molecule has 1 saturated heterocycles. The summed E-state index contributed by atoms with van der Waals surface area (Å²) in [7, 11) is 0. The van der Waals surface area contributed by atoms with Crippen LogP contribution in [0.2, 0.25) is 0 Å². The third-order valence-electron chi connectivity index (χ3n) is 5.31. The molecule has 2 aromatic heterocycles. The topological polar surface area (TPSA) is 59.2 Å². The van der Waals surface area contributed by atoms with Crippen molar-refractivity contribution in [2.24, 2.45) is 11.8 Å².